The van der Waals surface area contributed by atoms with Crippen LogP contribution < -0.4 is 10.1 Å². The standard InChI is InChI=1S/C21H22N2O5S/c1-13-19(14(2)28-23-13)12-26-17-7-4-6-16(10-17)21(25)27-15(3)20(24)22-11-18-8-5-9-29-18/h4-10,15H,11-12H2,1-3H3,(H,22,24)/t15-/m0/s1. The SMILES string of the molecule is Cc1noc(C)c1COc1cccc(C(=O)O[C@@H](C)C(=O)NCc2cccs2)c1. The maximum Gasteiger partial charge on any atom is 0.339 e. The van der Waals surface area contributed by atoms with Crippen molar-refractivity contribution in [2.24, 2.45) is 0 Å². The molecule has 0 aliphatic carbocycles. The summed E-state index contributed by atoms with van der Waals surface area (Å²) in [5.74, 6) is 0.263. The number of benzene rings is 1. The normalized spacial score (nSPS) is 11.7. The van der Waals surface area contributed by atoms with E-state index in [4.69, 9.17) is 14.0 Å². The second-order valence-electron chi connectivity index (χ2n) is 6.46. The molecule has 1 aromatic carbocycles. The topological polar surface area (TPSA) is 90.7 Å². The summed E-state index contributed by atoms with van der Waals surface area (Å²) in [5, 5.41) is 8.58. The van der Waals surface area contributed by atoms with Crippen LogP contribution in [0.4, 0.5) is 0 Å². The van der Waals surface area contributed by atoms with Gasteiger partial charge in [0, 0.05) is 4.88 Å². The van der Waals surface area contributed by atoms with Gasteiger partial charge in [-0.25, -0.2) is 4.79 Å². The van der Waals surface area contributed by atoms with Crippen LogP contribution in [0, 0.1) is 13.8 Å². The van der Waals surface area contributed by atoms with E-state index in [0.717, 1.165) is 16.1 Å². The van der Waals surface area contributed by atoms with E-state index >= 15 is 0 Å². The van der Waals surface area contributed by atoms with Gasteiger partial charge in [0.2, 0.25) is 0 Å². The molecule has 2 heterocycles. The van der Waals surface area contributed by atoms with Gasteiger partial charge in [-0.2, -0.15) is 0 Å². The van der Waals surface area contributed by atoms with Crippen LogP contribution in [-0.2, 0) is 22.7 Å². The van der Waals surface area contributed by atoms with Crippen molar-refractivity contribution in [3.05, 3.63) is 69.2 Å². The van der Waals surface area contributed by atoms with Crippen molar-refractivity contribution in [1.82, 2.24) is 10.5 Å². The molecule has 1 amide bonds. The average Bonchev–Trinajstić information content (AvgIpc) is 3.34. The fraction of sp³-hybridized carbons (Fsp3) is 0.286. The zero-order valence-corrected chi connectivity index (χ0v) is 17.2. The Morgan fingerprint density at radius 3 is 2.76 bits per heavy atom. The maximum atomic E-state index is 12.4. The van der Waals surface area contributed by atoms with Crippen molar-refractivity contribution in [2.75, 3.05) is 0 Å². The summed E-state index contributed by atoms with van der Waals surface area (Å²) in [6.45, 7) is 5.88. The van der Waals surface area contributed by atoms with Crippen LogP contribution in [0.1, 0.15) is 39.2 Å². The number of nitrogens with one attached hydrogen (secondary N) is 1. The largest absolute Gasteiger partial charge is 0.489 e. The highest BCUT2D eigenvalue weighted by atomic mass is 32.1. The van der Waals surface area contributed by atoms with E-state index in [0.29, 0.717) is 23.6 Å². The first kappa shape index (κ1) is 20.6. The predicted octanol–water partition coefficient (Wildman–Crippen LogP) is 3.79. The Bertz CT molecular complexity index is 961. The minimum absolute atomic E-state index is 0.279. The number of aromatic nitrogens is 1. The molecular formula is C21H22N2O5S. The molecule has 2 aromatic heterocycles. The fourth-order valence-electron chi connectivity index (χ4n) is 2.59. The number of amides is 1. The number of thiophene rings is 1. The van der Waals surface area contributed by atoms with Gasteiger partial charge < -0.3 is 19.3 Å². The lowest BCUT2D eigenvalue weighted by Crippen LogP contribution is -2.35. The first-order valence-electron chi connectivity index (χ1n) is 9.09. The molecule has 7 nitrogen and oxygen atoms in total. The highest BCUT2D eigenvalue weighted by Crippen LogP contribution is 2.19. The highest BCUT2D eigenvalue weighted by Gasteiger charge is 2.19. The van der Waals surface area contributed by atoms with E-state index < -0.39 is 12.1 Å². The quantitative estimate of drug-likeness (QED) is 0.564. The molecular weight excluding hydrogens is 392 g/mol. The van der Waals surface area contributed by atoms with Gasteiger partial charge in [0.25, 0.3) is 5.91 Å². The van der Waals surface area contributed by atoms with E-state index in [9.17, 15) is 9.59 Å². The van der Waals surface area contributed by atoms with E-state index in [-0.39, 0.29) is 12.5 Å². The molecule has 0 unspecified atom stereocenters. The Hall–Kier alpha value is -3.13. The number of carbonyl (C=O) groups excluding carboxylic acids is 2. The van der Waals surface area contributed by atoms with Crippen molar-refractivity contribution in [3.63, 3.8) is 0 Å². The second kappa shape index (κ2) is 9.38. The van der Waals surface area contributed by atoms with Crippen LogP contribution >= 0.6 is 11.3 Å². The number of ether oxygens (including phenoxy) is 2. The van der Waals surface area contributed by atoms with E-state index in [1.54, 1.807) is 42.5 Å². The lowest BCUT2D eigenvalue weighted by atomic mass is 10.2. The molecule has 0 bridgehead atoms. The number of rotatable bonds is 8. The van der Waals surface area contributed by atoms with Crippen molar-refractivity contribution in [2.45, 2.75) is 40.0 Å². The molecule has 8 heteroatoms. The summed E-state index contributed by atoms with van der Waals surface area (Å²) in [5.41, 5.74) is 1.94. The first-order valence-corrected chi connectivity index (χ1v) is 9.97. The molecule has 0 spiro atoms. The van der Waals surface area contributed by atoms with Gasteiger partial charge in [0.05, 0.1) is 23.4 Å². The van der Waals surface area contributed by atoms with Crippen LogP contribution in [0.2, 0.25) is 0 Å². The molecule has 0 saturated carbocycles. The number of hydrogen-bond acceptors (Lipinski definition) is 7. The molecule has 3 aromatic rings. The third-order valence-corrected chi connectivity index (χ3v) is 5.18. The van der Waals surface area contributed by atoms with Crippen molar-refractivity contribution >= 4 is 23.2 Å². The van der Waals surface area contributed by atoms with Gasteiger partial charge in [-0.15, -0.1) is 11.3 Å². The molecule has 0 aliphatic rings. The second-order valence-corrected chi connectivity index (χ2v) is 7.50. The van der Waals surface area contributed by atoms with Gasteiger partial charge >= 0.3 is 5.97 Å². The van der Waals surface area contributed by atoms with E-state index in [2.05, 4.69) is 10.5 Å². The van der Waals surface area contributed by atoms with Gasteiger partial charge in [-0.1, -0.05) is 17.3 Å². The number of hydrogen-bond donors (Lipinski definition) is 1. The molecule has 152 valence electrons. The van der Waals surface area contributed by atoms with E-state index in [1.165, 1.54) is 0 Å². The Morgan fingerprint density at radius 1 is 1.24 bits per heavy atom. The smallest absolute Gasteiger partial charge is 0.339 e. The third-order valence-electron chi connectivity index (χ3n) is 4.30. The Morgan fingerprint density at radius 2 is 2.07 bits per heavy atom. The molecule has 1 atom stereocenters. The lowest BCUT2D eigenvalue weighted by molar-refractivity contribution is -0.129. The highest BCUT2D eigenvalue weighted by molar-refractivity contribution is 7.09. The fourth-order valence-corrected chi connectivity index (χ4v) is 3.23. The minimum Gasteiger partial charge on any atom is -0.489 e. The van der Waals surface area contributed by atoms with Crippen LogP contribution in [0.25, 0.3) is 0 Å². The zero-order valence-electron chi connectivity index (χ0n) is 16.4. The van der Waals surface area contributed by atoms with Gasteiger partial charge in [-0.05, 0) is 50.4 Å². The van der Waals surface area contributed by atoms with Crippen LogP contribution in [0.3, 0.4) is 0 Å². The number of esters is 1. The molecule has 0 radical (unpaired) electrons. The Labute approximate surface area is 172 Å². The summed E-state index contributed by atoms with van der Waals surface area (Å²) in [4.78, 5) is 25.6. The molecule has 0 saturated heterocycles. The zero-order chi connectivity index (χ0) is 20.8. The van der Waals surface area contributed by atoms with Crippen LogP contribution in [-0.4, -0.2) is 23.1 Å². The summed E-state index contributed by atoms with van der Waals surface area (Å²) < 4.78 is 16.1. The van der Waals surface area contributed by atoms with Crippen molar-refractivity contribution < 1.29 is 23.6 Å². The van der Waals surface area contributed by atoms with Crippen molar-refractivity contribution in [1.29, 1.82) is 0 Å². The molecule has 1 N–H and O–H groups in total. The summed E-state index contributed by atoms with van der Waals surface area (Å²) in [6, 6.07) is 10.5. The monoisotopic (exact) mass is 414 g/mol. The lowest BCUT2D eigenvalue weighted by Gasteiger charge is -2.14. The summed E-state index contributed by atoms with van der Waals surface area (Å²) in [7, 11) is 0. The van der Waals surface area contributed by atoms with E-state index in [1.807, 2.05) is 31.4 Å². The predicted molar refractivity (Wildman–Crippen MR) is 108 cm³/mol. The van der Waals surface area contributed by atoms with Gasteiger partial charge in [0.1, 0.15) is 18.1 Å². The first-order chi connectivity index (χ1) is 13.9. The molecule has 0 aliphatic heterocycles. The Kier molecular flexibility index (Phi) is 6.66. The van der Waals surface area contributed by atoms with Gasteiger partial charge in [-0.3, -0.25) is 4.79 Å². The number of aryl methyl sites for hydroxylation is 2. The number of nitrogens with zero attached hydrogens (tertiary/aromatic N) is 1. The molecule has 0 fully saturated rings. The number of carbonyl (C=O) groups is 2. The van der Waals surface area contributed by atoms with Gasteiger partial charge in [0.15, 0.2) is 6.10 Å². The maximum absolute atomic E-state index is 12.4. The third kappa shape index (κ3) is 5.45. The van der Waals surface area contributed by atoms with Crippen molar-refractivity contribution in [3.8, 4) is 5.75 Å². The Balaban J connectivity index is 1.55. The summed E-state index contributed by atoms with van der Waals surface area (Å²) >= 11 is 1.55. The average molecular weight is 414 g/mol. The molecule has 3 rings (SSSR count). The van der Waals surface area contributed by atoms with Crippen LogP contribution in [0.5, 0.6) is 5.75 Å². The minimum atomic E-state index is -0.908. The summed E-state index contributed by atoms with van der Waals surface area (Å²) in [6.07, 6.45) is -0.908. The molecule has 29 heavy (non-hydrogen) atoms. The van der Waals surface area contributed by atoms with Crippen LogP contribution in [0.15, 0.2) is 46.3 Å².